The lowest BCUT2D eigenvalue weighted by Crippen LogP contribution is -2.21. The fourth-order valence-electron chi connectivity index (χ4n) is 0.916. The van der Waals surface area contributed by atoms with Crippen molar-refractivity contribution in [2.75, 3.05) is 13.6 Å². The van der Waals surface area contributed by atoms with E-state index in [0.717, 1.165) is 17.3 Å². The van der Waals surface area contributed by atoms with Crippen molar-refractivity contribution in [3.05, 3.63) is 30.1 Å². The summed E-state index contributed by atoms with van der Waals surface area (Å²) in [5, 5.41) is 0.761. The number of hydrogen-bond donors (Lipinski definition) is 1. The van der Waals surface area contributed by atoms with Crippen molar-refractivity contribution < 1.29 is 0 Å². The van der Waals surface area contributed by atoms with Crippen LogP contribution in [0.5, 0.6) is 0 Å². The SMILES string of the molecule is CCN(C)C(S)=NCc1cccnc1. The van der Waals surface area contributed by atoms with Gasteiger partial charge in [-0.2, -0.15) is 0 Å². The minimum atomic E-state index is 0.636. The lowest BCUT2D eigenvalue weighted by Gasteiger charge is -2.14. The van der Waals surface area contributed by atoms with E-state index in [1.54, 1.807) is 6.20 Å². The van der Waals surface area contributed by atoms with Gasteiger partial charge in [0, 0.05) is 26.0 Å². The first-order valence-electron chi connectivity index (χ1n) is 4.57. The van der Waals surface area contributed by atoms with E-state index in [0.29, 0.717) is 6.54 Å². The topological polar surface area (TPSA) is 28.5 Å². The van der Waals surface area contributed by atoms with E-state index < -0.39 is 0 Å². The summed E-state index contributed by atoms with van der Waals surface area (Å²) in [6.45, 7) is 3.61. The smallest absolute Gasteiger partial charge is 0.156 e. The Hall–Kier alpha value is -1.03. The molecule has 0 aliphatic carbocycles. The highest BCUT2D eigenvalue weighted by Gasteiger charge is 1.97. The number of amidine groups is 1. The van der Waals surface area contributed by atoms with E-state index >= 15 is 0 Å². The Morgan fingerprint density at radius 2 is 2.43 bits per heavy atom. The third kappa shape index (κ3) is 3.38. The second kappa shape index (κ2) is 5.65. The first-order chi connectivity index (χ1) is 6.74. The Morgan fingerprint density at radius 1 is 1.64 bits per heavy atom. The molecule has 0 bridgehead atoms. The molecule has 4 heteroatoms. The van der Waals surface area contributed by atoms with E-state index in [2.05, 4.69) is 29.5 Å². The van der Waals surface area contributed by atoms with Gasteiger partial charge < -0.3 is 4.90 Å². The average molecular weight is 209 g/mol. The maximum Gasteiger partial charge on any atom is 0.156 e. The molecule has 1 aromatic heterocycles. The van der Waals surface area contributed by atoms with Crippen molar-refractivity contribution in [2.45, 2.75) is 13.5 Å². The van der Waals surface area contributed by atoms with Crippen molar-refractivity contribution in [1.82, 2.24) is 9.88 Å². The van der Waals surface area contributed by atoms with Crippen LogP contribution in [0.1, 0.15) is 12.5 Å². The molecule has 0 atom stereocenters. The molecule has 0 saturated heterocycles. The molecule has 76 valence electrons. The highest BCUT2D eigenvalue weighted by atomic mass is 32.1. The van der Waals surface area contributed by atoms with Gasteiger partial charge in [0.25, 0.3) is 0 Å². The van der Waals surface area contributed by atoms with Crippen LogP contribution in [0.25, 0.3) is 0 Å². The highest BCUT2D eigenvalue weighted by Crippen LogP contribution is 2.00. The molecular weight excluding hydrogens is 194 g/mol. The predicted molar refractivity (Wildman–Crippen MR) is 62.7 cm³/mol. The normalized spacial score (nSPS) is 11.5. The van der Waals surface area contributed by atoms with E-state index in [1.165, 1.54) is 0 Å². The minimum absolute atomic E-state index is 0.636. The standard InChI is InChI=1S/C10H15N3S/c1-3-13(2)10(14)12-8-9-5-4-6-11-7-9/h4-7H,3,8H2,1-2H3,(H,12,14). The van der Waals surface area contributed by atoms with Gasteiger partial charge in [-0.15, -0.1) is 12.6 Å². The maximum absolute atomic E-state index is 4.33. The summed E-state index contributed by atoms with van der Waals surface area (Å²) in [5.74, 6) is 0. The molecule has 0 unspecified atom stereocenters. The summed E-state index contributed by atoms with van der Waals surface area (Å²) in [6.07, 6.45) is 3.57. The summed E-state index contributed by atoms with van der Waals surface area (Å²) < 4.78 is 0. The van der Waals surface area contributed by atoms with Gasteiger partial charge >= 0.3 is 0 Å². The van der Waals surface area contributed by atoms with Gasteiger partial charge in [-0.3, -0.25) is 9.98 Å². The molecule has 0 amide bonds. The average Bonchev–Trinajstić information content (AvgIpc) is 2.26. The van der Waals surface area contributed by atoms with Crippen molar-refractivity contribution in [3.63, 3.8) is 0 Å². The number of nitrogens with zero attached hydrogens (tertiary/aromatic N) is 3. The molecule has 0 N–H and O–H groups in total. The van der Waals surface area contributed by atoms with Gasteiger partial charge in [0.2, 0.25) is 0 Å². The first kappa shape index (κ1) is 11.0. The minimum Gasteiger partial charge on any atom is -0.355 e. The molecule has 0 spiro atoms. The third-order valence-corrected chi connectivity index (χ3v) is 2.42. The zero-order valence-corrected chi connectivity index (χ0v) is 9.41. The van der Waals surface area contributed by atoms with Crippen LogP contribution in [-0.4, -0.2) is 28.6 Å². The molecule has 0 aliphatic heterocycles. The number of pyridine rings is 1. The van der Waals surface area contributed by atoms with Crippen LogP contribution in [0.4, 0.5) is 0 Å². The summed E-state index contributed by atoms with van der Waals surface area (Å²) in [5.41, 5.74) is 1.10. The molecule has 1 heterocycles. The second-order valence-corrected chi connectivity index (χ2v) is 3.39. The van der Waals surface area contributed by atoms with E-state index in [9.17, 15) is 0 Å². The van der Waals surface area contributed by atoms with Gasteiger partial charge in [0.1, 0.15) is 0 Å². The summed E-state index contributed by atoms with van der Waals surface area (Å²) in [6, 6.07) is 3.91. The zero-order valence-electron chi connectivity index (χ0n) is 8.51. The van der Waals surface area contributed by atoms with E-state index in [4.69, 9.17) is 0 Å². The van der Waals surface area contributed by atoms with Crippen LogP contribution in [0, 0.1) is 0 Å². The van der Waals surface area contributed by atoms with E-state index in [1.807, 2.05) is 30.3 Å². The first-order valence-corrected chi connectivity index (χ1v) is 5.02. The predicted octanol–water partition coefficient (Wildman–Crippen LogP) is 1.82. The summed E-state index contributed by atoms with van der Waals surface area (Å²) in [7, 11) is 1.97. The number of hydrogen-bond acceptors (Lipinski definition) is 2. The Labute approximate surface area is 90.3 Å². The molecule has 3 nitrogen and oxygen atoms in total. The van der Waals surface area contributed by atoms with Crippen LogP contribution in [0.15, 0.2) is 29.5 Å². The molecule has 0 aliphatic rings. The number of thiol groups is 1. The van der Waals surface area contributed by atoms with Crippen molar-refractivity contribution in [2.24, 2.45) is 4.99 Å². The van der Waals surface area contributed by atoms with Crippen LogP contribution in [0.2, 0.25) is 0 Å². The number of aromatic nitrogens is 1. The molecule has 0 aromatic carbocycles. The molecular formula is C10H15N3S. The van der Waals surface area contributed by atoms with Crippen LogP contribution in [-0.2, 0) is 6.54 Å². The quantitative estimate of drug-likeness (QED) is 0.467. The van der Waals surface area contributed by atoms with Gasteiger partial charge in [-0.1, -0.05) is 6.07 Å². The summed E-state index contributed by atoms with van der Waals surface area (Å²) >= 11 is 4.29. The highest BCUT2D eigenvalue weighted by molar-refractivity contribution is 7.96. The van der Waals surface area contributed by atoms with Gasteiger partial charge in [0.15, 0.2) is 5.17 Å². The van der Waals surface area contributed by atoms with Crippen LogP contribution >= 0.6 is 12.6 Å². The van der Waals surface area contributed by atoms with Gasteiger partial charge in [0.05, 0.1) is 6.54 Å². The zero-order chi connectivity index (χ0) is 10.4. The molecule has 0 radical (unpaired) electrons. The fraction of sp³-hybridized carbons (Fsp3) is 0.400. The third-order valence-electron chi connectivity index (χ3n) is 1.94. The van der Waals surface area contributed by atoms with Crippen molar-refractivity contribution >= 4 is 17.8 Å². The van der Waals surface area contributed by atoms with Crippen molar-refractivity contribution in [3.8, 4) is 0 Å². The van der Waals surface area contributed by atoms with Gasteiger partial charge in [-0.05, 0) is 18.6 Å². The van der Waals surface area contributed by atoms with Crippen molar-refractivity contribution in [1.29, 1.82) is 0 Å². The molecule has 1 rings (SSSR count). The van der Waals surface area contributed by atoms with Crippen LogP contribution < -0.4 is 0 Å². The number of rotatable bonds is 3. The Kier molecular flexibility index (Phi) is 4.46. The Bertz CT molecular complexity index is 297. The lowest BCUT2D eigenvalue weighted by molar-refractivity contribution is 0.544. The van der Waals surface area contributed by atoms with E-state index in [-0.39, 0.29) is 0 Å². The number of aliphatic imine (C=N–C) groups is 1. The molecule has 1 aromatic rings. The second-order valence-electron chi connectivity index (χ2n) is 2.99. The lowest BCUT2D eigenvalue weighted by atomic mass is 10.3. The Balaban J connectivity index is 2.55. The monoisotopic (exact) mass is 209 g/mol. The molecule has 0 saturated carbocycles. The molecule has 14 heavy (non-hydrogen) atoms. The summed E-state index contributed by atoms with van der Waals surface area (Å²) in [4.78, 5) is 10.3. The fourth-order valence-corrected chi connectivity index (χ4v) is 1.13. The van der Waals surface area contributed by atoms with Gasteiger partial charge in [-0.25, -0.2) is 0 Å². The molecule has 0 fully saturated rings. The largest absolute Gasteiger partial charge is 0.355 e. The Morgan fingerprint density at radius 3 is 3.00 bits per heavy atom. The van der Waals surface area contributed by atoms with Crippen LogP contribution in [0.3, 0.4) is 0 Å². The maximum atomic E-state index is 4.33.